The Bertz CT molecular complexity index is 835. The van der Waals surface area contributed by atoms with Crippen molar-refractivity contribution in [1.82, 2.24) is 0 Å². The Morgan fingerprint density at radius 2 is 1.55 bits per heavy atom. The van der Waals surface area contributed by atoms with Gasteiger partial charge < -0.3 is 20.0 Å². The molecule has 2 fully saturated rings. The highest BCUT2D eigenvalue weighted by Crippen LogP contribution is 2.21. The van der Waals surface area contributed by atoms with Crippen LogP contribution in [0.25, 0.3) is 6.08 Å². The molecule has 5 heteroatoms. The van der Waals surface area contributed by atoms with Gasteiger partial charge in [0.25, 0.3) is 5.91 Å². The van der Waals surface area contributed by atoms with E-state index in [-0.39, 0.29) is 5.91 Å². The number of amides is 1. The number of rotatable bonds is 7. The first kappa shape index (κ1) is 21.6. The summed E-state index contributed by atoms with van der Waals surface area (Å²) in [6, 6.07) is 18.8. The van der Waals surface area contributed by atoms with Crippen LogP contribution in [0.2, 0.25) is 0 Å². The summed E-state index contributed by atoms with van der Waals surface area (Å²) in [7, 11) is 0. The molecule has 0 radical (unpaired) electrons. The van der Waals surface area contributed by atoms with E-state index >= 15 is 0 Å². The number of carbonyl (C=O) groups excluding carboxylic acids is 1. The summed E-state index contributed by atoms with van der Waals surface area (Å²) in [4.78, 5) is 17.9. The van der Waals surface area contributed by atoms with E-state index in [1.807, 2.05) is 18.2 Å². The smallest absolute Gasteiger partial charge is 0.279 e. The van der Waals surface area contributed by atoms with Crippen molar-refractivity contribution in [3.8, 4) is 0 Å². The van der Waals surface area contributed by atoms with E-state index in [0.29, 0.717) is 6.54 Å². The summed E-state index contributed by atoms with van der Waals surface area (Å²) in [6.45, 7) is 8.24. The zero-order chi connectivity index (χ0) is 21.3. The van der Waals surface area contributed by atoms with Crippen molar-refractivity contribution in [2.24, 2.45) is 0 Å². The van der Waals surface area contributed by atoms with Crippen molar-refractivity contribution in [2.45, 2.75) is 19.3 Å². The maximum absolute atomic E-state index is 12.5. The zero-order valence-electron chi connectivity index (χ0n) is 18.5. The Morgan fingerprint density at radius 3 is 2.26 bits per heavy atom. The fourth-order valence-corrected chi connectivity index (χ4v) is 4.60. The Kier molecular flexibility index (Phi) is 7.75. The van der Waals surface area contributed by atoms with Crippen molar-refractivity contribution in [3.63, 3.8) is 0 Å². The van der Waals surface area contributed by atoms with Gasteiger partial charge >= 0.3 is 0 Å². The van der Waals surface area contributed by atoms with Crippen LogP contribution in [0.4, 0.5) is 11.4 Å². The monoisotopic (exact) mass is 420 g/mol. The van der Waals surface area contributed by atoms with Crippen LogP contribution < -0.4 is 20.0 Å². The van der Waals surface area contributed by atoms with Crippen molar-refractivity contribution < 1.29 is 14.6 Å². The van der Waals surface area contributed by atoms with Gasteiger partial charge in [0.1, 0.15) is 26.2 Å². The molecule has 0 bridgehead atoms. The average molecular weight is 421 g/mol. The zero-order valence-corrected chi connectivity index (χ0v) is 18.5. The third kappa shape index (κ3) is 6.68. The molecule has 2 saturated heterocycles. The fraction of sp³-hybridized carbons (Fsp3) is 0.423. The van der Waals surface area contributed by atoms with Crippen LogP contribution in [0.1, 0.15) is 24.8 Å². The second kappa shape index (κ2) is 11.1. The highest BCUT2D eigenvalue weighted by Gasteiger charge is 2.24. The van der Waals surface area contributed by atoms with Crippen molar-refractivity contribution in [2.75, 3.05) is 62.6 Å². The first-order valence-corrected chi connectivity index (χ1v) is 11.8. The summed E-state index contributed by atoms with van der Waals surface area (Å²) in [5, 5.41) is 3.09. The lowest BCUT2D eigenvalue weighted by molar-refractivity contribution is -1.01. The quantitative estimate of drug-likeness (QED) is 0.628. The van der Waals surface area contributed by atoms with E-state index in [9.17, 15) is 4.79 Å². The molecule has 1 amide bonds. The molecular weight excluding hydrogens is 384 g/mol. The van der Waals surface area contributed by atoms with Crippen molar-refractivity contribution in [3.05, 3.63) is 66.2 Å². The van der Waals surface area contributed by atoms with Crippen LogP contribution in [0.5, 0.6) is 0 Å². The molecule has 2 aliphatic rings. The number of hydrogen-bond donors (Lipinski definition) is 3. The predicted molar refractivity (Wildman–Crippen MR) is 128 cm³/mol. The number of nitrogens with zero attached hydrogens (tertiary/aromatic N) is 1. The van der Waals surface area contributed by atoms with Gasteiger partial charge in [-0.3, -0.25) is 4.79 Å². The molecule has 2 aliphatic heterocycles. The molecule has 2 heterocycles. The third-order valence-electron chi connectivity index (χ3n) is 6.46. The molecule has 164 valence electrons. The van der Waals surface area contributed by atoms with Crippen LogP contribution in [-0.2, 0) is 4.79 Å². The lowest BCUT2D eigenvalue weighted by Crippen LogP contribution is -3.28. The molecule has 4 rings (SSSR count). The van der Waals surface area contributed by atoms with E-state index < -0.39 is 0 Å². The molecule has 3 N–H and O–H groups in total. The number of anilines is 2. The van der Waals surface area contributed by atoms with Gasteiger partial charge in [0.05, 0.1) is 6.54 Å². The minimum Gasteiger partial charge on any atom is -0.372 e. The largest absolute Gasteiger partial charge is 0.372 e. The number of piperazine rings is 1. The number of quaternary nitrogens is 2. The molecule has 0 atom stereocenters. The third-order valence-corrected chi connectivity index (χ3v) is 6.46. The second-order valence-corrected chi connectivity index (χ2v) is 8.84. The van der Waals surface area contributed by atoms with Gasteiger partial charge in [0.2, 0.25) is 0 Å². The molecule has 0 aliphatic carbocycles. The molecule has 0 spiro atoms. The molecule has 2 aromatic rings. The predicted octanol–water partition coefficient (Wildman–Crippen LogP) is 1.11. The molecular formula is C26H36N4O+2. The highest BCUT2D eigenvalue weighted by atomic mass is 16.2. The summed E-state index contributed by atoms with van der Waals surface area (Å²) >= 11 is 0. The molecule has 31 heavy (non-hydrogen) atoms. The van der Waals surface area contributed by atoms with Crippen molar-refractivity contribution in [1.29, 1.82) is 0 Å². The van der Waals surface area contributed by atoms with Gasteiger partial charge in [-0.1, -0.05) is 36.4 Å². The maximum Gasteiger partial charge on any atom is 0.279 e. The van der Waals surface area contributed by atoms with Crippen LogP contribution in [0.3, 0.4) is 0 Å². The lowest BCUT2D eigenvalue weighted by Gasteiger charge is -2.29. The van der Waals surface area contributed by atoms with E-state index in [0.717, 1.165) is 51.5 Å². The first-order valence-electron chi connectivity index (χ1n) is 11.8. The Balaban J connectivity index is 1.16. The standard InChI is InChI=1S/C26H34N4O/c31-26(27-24-11-13-25(14-12-24)30-16-5-2-6-17-30)22-29-20-18-28(19-21-29)15-7-10-23-8-3-1-4-9-23/h1,3-4,7-14H,2,5-6,15-22H2,(H,27,31)/p+2/b10-7+. The number of piperidine rings is 1. The molecule has 2 aromatic carbocycles. The fourth-order valence-electron chi connectivity index (χ4n) is 4.60. The topological polar surface area (TPSA) is 41.2 Å². The first-order chi connectivity index (χ1) is 15.3. The lowest BCUT2D eigenvalue weighted by atomic mass is 10.1. The Morgan fingerprint density at radius 1 is 0.871 bits per heavy atom. The van der Waals surface area contributed by atoms with Gasteiger partial charge in [0.15, 0.2) is 6.54 Å². The summed E-state index contributed by atoms with van der Waals surface area (Å²) < 4.78 is 0. The number of hydrogen-bond acceptors (Lipinski definition) is 2. The number of benzene rings is 2. The van der Waals surface area contributed by atoms with Gasteiger partial charge in [-0.2, -0.15) is 0 Å². The Hall–Kier alpha value is -2.63. The van der Waals surface area contributed by atoms with Gasteiger partial charge in [-0.05, 0) is 55.2 Å². The summed E-state index contributed by atoms with van der Waals surface area (Å²) in [5.74, 6) is 0.119. The molecule has 0 saturated carbocycles. The summed E-state index contributed by atoms with van der Waals surface area (Å²) in [5.41, 5.74) is 3.43. The minimum atomic E-state index is 0.119. The van der Waals surface area contributed by atoms with Gasteiger partial charge in [-0.25, -0.2) is 0 Å². The normalized spacial score (nSPS) is 21.9. The minimum absolute atomic E-state index is 0.119. The van der Waals surface area contributed by atoms with E-state index in [1.54, 1.807) is 4.90 Å². The van der Waals surface area contributed by atoms with E-state index in [1.165, 1.54) is 35.4 Å². The maximum atomic E-state index is 12.5. The van der Waals surface area contributed by atoms with Crippen LogP contribution >= 0.6 is 0 Å². The average Bonchev–Trinajstić information content (AvgIpc) is 2.82. The molecule has 0 unspecified atom stereocenters. The van der Waals surface area contributed by atoms with Crippen molar-refractivity contribution >= 4 is 23.4 Å². The van der Waals surface area contributed by atoms with Crippen LogP contribution in [-0.4, -0.2) is 58.3 Å². The van der Waals surface area contributed by atoms with Gasteiger partial charge in [0, 0.05) is 24.5 Å². The number of nitrogens with one attached hydrogen (secondary N) is 3. The number of carbonyl (C=O) groups is 1. The molecule has 0 aromatic heterocycles. The van der Waals surface area contributed by atoms with Gasteiger partial charge in [-0.15, -0.1) is 0 Å². The van der Waals surface area contributed by atoms with Crippen LogP contribution in [0, 0.1) is 0 Å². The Labute approximate surface area is 186 Å². The SMILES string of the molecule is O=C(C[NH+]1CC[NH+](C/C=C/c2ccccc2)CC1)Nc1ccc(N2CCCCC2)cc1. The summed E-state index contributed by atoms with van der Waals surface area (Å²) in [6.07, 6.45) is 8.37. The molecule has 5 nitrogen and oxygen atoms in total. The van der Waals surface area contributed by atoms with E-state index in [2.05, 4.69) is 58.8 Å². The highest BCUT2D eigenvalue weighted by molar-refractivity contribution is 5.91. The second-order valence-electron chi connectivity index (χ2n) is 8.84. The van der Waals surface area contributed by atoms with Crippen LogP contribution in [0.15, 0.2) is 60.7 Å². The van der Waals surface area contributed by atoms with E-state index in [4.69, 9.17) is 0 Å².